The highest BCUT2D eigenvalue weighted by atomic mass is 35.5. The SMILES string of the molecule is CC(=O)Nc1ccc(N2C(=O)CC(N(CCc3cccc(Cl)c3)C(=O)Cc3ccccc3)C2=O)cc1. The fourth-order valence-electron chi connectivity index (χ4n) is 4.30. The number of benzene rings is 3. The second-order valence-electron chi connectivity index (χ2n) is 8.64. The summed E-state index contributed by atoms with van der Waals surface area (Å²) >= 11 is 6.12. The molecule has 7 nitrogen and oxygen atoms in total. The van der Waals surface area contributed by atoms with Gasteiger partial charge in [0.2, 0.25) is 17.7 Å². The Morgan fingerprint density at radius 1 is 0.972 bits per heavy atom. The first-order valence-electron chi connectivity index (χ1n) is 11.6. The van der Waals surface area contributed by atoms with Crippen molar-refractivity contribution in [1.82, 2.24) is 4.90 Å². The summed E-state index contributed by atoms with van der Waals surface area (Å²) in [7, 11) is 0. The summed E-state index contributed by atoms with van der Waals surface area (Å²) in [5, 5.41) is 3.25. The van der Waals surface area contributed by atoms with Crippen LogP contribution in [0.15, 0.2) is 78.9 Å². The van der Waals surface area contributed by atoms with E-state index in [0.29, 0.717) is 22.8 Å². The highest BCUT2D eigenvalue weighted by Gasteiger charge is 2.44. The molecule has 184 valence electrons. The number of nitrogens with one attached hydrogen (secondary N) is 1. The lowest BCUT2D eigenvalue weighted by atomic mass is 10.1. The molecule has 0 aliphatic carbocycles. The van der Waals surface area contributed by atoms with Crippen LogP contribution in [0.25, 0.3) is 0 Å². The molecule has 0 radical (unpaired) electrons. The van der Waals surface area contributed by atoms with E-state index >= 15 is 0 Å². The summed E-state index contributed by atoms with van der Waals surface area (Å²) in [5.74, 6) is -1.27. The van der Waals surface area contributed by atoms with Gasteiger partial charge in [-0.2, -0.15) is 0 Å². The number of carbonyl (C=O) groups is 4. The average Bonchev–Trinajstić information content (AvgIpc) is 3.13. The van der Waals surface area contributed by atoms with Crippen LogP contribution in [0.2, 0.25) is 5.02 Å². The van der Waals surface area contributed by atoms with Gasteiger partial charge in [-0.15, -0.1) is 0 Å². The van der Waals surface area contributed by atoms with E-state index in [4.69, 9.17) is 11.6 Å². The monoisotopic (exact) mass is 503 g/mol. The van der Waals surface area contributed by atoms with Crippen LogP contribution in [0.4, 0.5) is 11.4 Å². The van der Waals surface area contributed by atoms with Crippen LogP contribution in [0.1, 0.15) is 24.5 Å². The molecule has 1 unspecified atom stereocenters. The first kappa shape index (κ1) is 25.1. The molecular formula is C28H26ClN3O4. The van der Waals surface area contributed by atoms with Gasteiger partial charge in [-0.1, -0.05) is 54.1 Å². The lowest BCUT2D eigenvalue weighted by Gasteiger charge is -2.28. The zero-order valence-corrected chi connectivity index (χ0v) is 20.6. The maximum atomic E-state index is 13.5. The molecule has 36 heavy (non-hydrogen) atoms. The number of nitrogens with zero attached hydrogens (tertiary/aromatic N) is 2. The Kier molecular flexibility index (Phi) is 7.80. The molecule has 0 spiro atoms. The van der Waals surface area contributed by atoms with Gasteiger partial charge >= 0.3 is 0 Å². The predicted octanol–water partition coefficient (Wildman–Crippen LogP) is 4.24. The van der Waals surface area contributed by atoms with E-state index in [1.165, 1.54) is 11.8 Å². The number of carbonyl (C=O) groups excluding carboxylic acids is 4. The summed E-state index contributed by atoms with van der Waals surface area (Å²) in [6.07, 6.45) is 0.520. The Morgan fingerprint density at radius 2 is 1.67 bits per heavy atom. The molecule has 1 N–H and O–H groups in total. The Labute approximate surface area is 214 Å². The molecule has 4 amide bonds. The Morgan fingerprint density at radius 3 is 2.33 bits per heavy atom. The van der Waals surface area contributed by atoms with Crippen LogP contribution in [0.3, 0.4) is 0 Å². The van der Waals surface area contributed by atoms with Crippen molar-refractivity contribution >= 4 is 46.6 Å². The van der Waals surface area contributed by atoms with Gasteiger partial charge in [0.1, 0.15) is 6.04 Å². The summed E-state index contributed by atoms with van der Waals surface area (Å²) < 4.78 is 0. The largest absolute Gasteiger partial charge is 0.329 e. The molecule has 1 atom stereocenters. The number of hydrogen-bond acceptors (Lipinski definition) is 4. The van der Waals surface area contributed by atoms with Crippen molar-refractivity contribution in [3.63, 3.8) is 0 Å². The Bertz CT molecular complexity index is 1280. The van der Waals surface area contributed by atoms with E-state index in [-0.39, 0.29) is 37.1 Å². The molecule has 1 saturated heterocycles. The molecule has 8 heteroatoms. The predicted molar refractivity (Wildman–Crippen MR) is 139 cm³/mol. The van der Waals surface area contributed by atoms with E-state index in [1.807, 2.05) is 48.5 Å². The molecular weight excluding hydrogens is 478 g/mol. The molecule has 0 aromatic heterocycles. The fourth-order valence-corrected chi connectivity index (χ4v) is 4.51. The number of imide groups is 1. The van der Waals surface area contributed by atoms with Crippen molar-refractivity contribution in [3.8, 4) is 0 Å². The Hall–Kier alpha value is -3.97. The van der Waals surface area contributed by atoms with Crippen LogP contribution in [-0.4, -0.2) is 41.1 Å². The zero-order valence-electron chi connectivity index (χ0n) is 19.8. The highest BCUT2D eigenvalue weighted by molar-refractivity contribution is 6.30. The number of hydrogen-bond donors (Lipinski definition) is 1. The first-order chi connectivity index (χ1) is 17.3. The lowest BCUT2D eigenvalue weighted by molar-refractivity contribution is -0.137. The first-order valence-corrected chi connectivity index (χ1v) is 12.0. The highest BCUT2D eigenvalue weighted by Crippen LogP contribution is 2.28. The van der Waals surface area contributed by atoms with Gasteiger partial charge in [-0.05, 0) is 53.9 Å². The van der Waals surface area contributed by atoms with E-state index < -0.39 is 11.9 Å². The van der Waals surface area contributed by atoms with Gasteiger partial charge in [0, 0.05) is 24.2 Å². The molecule has 3 aromatic rings. The van der Waals surface area contributed by atoms with Crippen molar-refractivity contribution < 1.29 is 19.2 Å². The molecule has 0 bridgehead atoms. The van der Waals surface area contributed by atoms with Gasteiger partial charge in [-0.25, -0.2) is 4.90 Å². The van der Waals surface area contributed by atoms with Crippen molar-refractivity contribution in [1.29, 1.82) is 0 Å². The van der Waals surface area contributed by atoms with Crippen LogP contribution in [0.5, 0.6) is 0 Å². The second-order valence-corrected chi connectivity index (χ2v) is 9.08. The molecule has 1 fully saturated rings. The molecule has 4 rings (SSSR count). The number of rotatable bonds is 8. The quantitative estimate of drug-likeness (QED) is 0.466. The van der Waals surface area contributed by atoms with Gasteiger partial charge in [-0.3, -0.25) is 19.2 Å². The van der Waals surface area contributed by atoms with Crippen molar-refractivity contribution in [2.24, 2.45) is 0 Å². The normalized spacial score (nSPS) is 15.2. The smallest absolute Gasteiger partial charge is 0.257 e. The van der Waals surface area contributed by atoms with Crippen molar-refractivity contribution in [3.05, 3.63) is 95.0 Å². The summed E-state index contributed by atoms with van der Waals surface area (Å²) in [6.45, 7) is 1.67. The number of amides is 4. The standard InChI is InChI=1S/C28H26ClN3O4/c1-19(33)30-23-10-12-24(13-11-23)32-27(35)18-25(28(32)36)31(15-14-21-8-5-9-22(29)16-21)26(34)17-20-6-3-2-4-7-20/h2-13,16,25H,14-15,17-18H2,1H3,(H,30,33). The van der Waals surface area contributed by atoms with Crippen LogP contribution < -0.4 is 10.2 Å². The topological polar surface area (TPSA) is 86.8 Å². The lowest BCUT2D eigenvalue weighted by Crippen LogP contribution is -2.47. The van der Waals surface area contributed by atoms with Crippen molar-refractivity contribution in [2.75, 3.05) is 16.8 Å². The summed E-state index contributed by atoms with van der Waals surface area (Å²) in [5.41, 5.74) is 2.72. The minimum absolute atomic E-state index is 0.0949. The van der Waals surface area contributed by atoms with Crippen LogP contribution in [-0.2, 0) is 32.0 Å². The van der Waals surface area contributed by atoms with E-state index in [1.54, 1.807) is 30.3 Å². The van der Waals surface area contributed by atoms with E-state index in [0.717, 1.165) is 16.0 Å². The fraction of sp³-hybridized carbons (Fsp3) is 0.214. The van der Waals surface area contributed by atoms with Crippen LogP contribution in [0, 0.1) is 0 Å². The van der Waals surface area contributed by atoms with E-state index in [2.05, 4.69) is 5.32 Å². The number of halogens is 1. The molecule has 1 aliphatic rings. The van der Waals surface area contributed by atoms with E-state index in [9.17, 15) is 19.2 Å². The maximum absolute atomic E-state index is 13.5. The van der Waals surface area contributed by atoms with Gasteiger partial charge in [0.25, 0.3) is 5.91 Å². The zero-order chi connectivity index (χ0) is 25.7. The molecule has 3 aromatic carbocycles. The minimum Gasteiger partial charge on any atom is -0.329 e. The third-order valence-electron chi connectivity index (χ3n) is 5.99. The second kappa shape index (κ2) is 11.2. The summed E-state index contributed by atoms with van der Waals surface area (Å²) in [6, 6.07) is 22.2. The average molecular weight is 504 g/mol. The third kappa shape index (κ3) is 5.98. The summed E-state index contributed by atoms with van der Waals surface area (Å²) in [4.78, 5) is 53.7. The molecule has 0 saturated carbocycles. The van der Waals surface area contributed by atoms with Crippen LogP contribution >= 0.6 is 11.6 Å². The molecule has 1 heterocycles. The maximum Gasteiger partial charge on any atom is 0.257 e. The van der Waals surface area contributed by atoms with Gasteiger partial charge in [0.05, 0.1) is 18.5 Å². The Balaban J connectivity index is 1.56. The third-order valence-corrected chi connectivity index (χ3v) is 6.23. The van der Waals surface area contributed by atoms with Gasteiger partial charge < -0.3 is 10.2 Å². The molecule has 1 aliphatic heterocycles. The minimum atomic E-state index is -0.900. The van der Waals surface area contributed by atoms with Gasteiger partial charge in [0.15, 0.2) is 0 Å². The van der Waals surface area contributed by atoms with Crippen molar-refractivity contribution in [2.45, 2.75) is 32.2 Å². The number of anilines is 2.